The summed E-state index contributed by atoms with van der Waals surface area (Å²) >= 11 is 0. The fraction of sp³-hybridized carbons (Fsp3) is 0.550. The molecule has 0 aromatic heterocycles. The summed E-state index contributed by atoms with van der Waals surface area (Å²) in [6, 6.07) is 7.24. The number of piperidine rings is 1. The molecule has 3 amide bonds. The fourth-order valence-electron chi connectivity index (χ4n) is 3.48. The fourth-order valence-corrected chi connectivity index (χ4v) is 3.48. The molecule has 1 aromatic rings. The maximum Gasteiger partial charge on any atom is 0.409 e. The van der Waals surface area contributed by atoms with Crippen molar-refractivity contribution in [2.75, 3.05) is 37.7 Å². The second kappa shape index (κ2) is 9.43. The highest BCUT2D eigenvalue weighted by molar-refractivity contribution is 5.95. The smallest absolute Gasteiger partial charge is 0.409 e. The van der Waals surface area contributed by atoms with E-state index in [0.717, 1.165) is 18.7 Å². The standard InChI is InChI=1S/C20H27N3O5/c1-2-27-20(26)22-12-9-15(10-13-22)21-18(24)14-28-17-7-5-16(6-8-17)23-11-3-4-19(23)25/h5-8,15H,2-4,9-14H2,1H3,(H,21,24). The number of benzene rings is 1. The van der Waals surface area contributed by atoms with Gasteiger partial charge in [0.25, 0.3) is 5.91 Å². The van der Waals surface area contributed by atoms with E-state index >= 15 is 0 Å². The molecule has 3 rings (SSSR count). The van der Waals surface area contributed by atoms with Crippen molar-refractivity contribution in [3.63, 3.8) is 0 Å². The lowest BCUT2D eigenvalue weighted by molar-refractivity contribution is -0.124. The monoisotopic (exact) mass is 389 g/mol. The summed E-state index contributed by atoms with van der Waals surface area (Å²) < 4.78 is 10.5. The van der Waals surface area contributed by atoms with Crippen molar-refractivity contribution in [3.05, 3.63) is 24.3 Å². The van der Waals surface area contributed by atoms with Crippen LogP contribution >= 0.6 is 0 Å². The predicted molar refractivity (Wildman–Crippen MR) is 103 cm³/mol. The highest BCUT2D eigenvalue weighted by atomic mass is 16.6. The third kappa shape index (κ3) is 5.15. The molecular weight excluding hydrogens is 362 g/mol. The first-order valence-electron chi connectivity index (χ1n) is 9.81. The summed E-state index contributed by atoms with van der Waals surface area (Å²) in [7, 11) is 0. The van der Waals surface area contributed by atoms with Crippen LogP contribution in [0.5, 0.6) is 5.75 Å². The van der Waals surface area contributed by atoms with Crippen molar-refractivity contribution in [1.29, 1.82) is 0 Å². The molecule has 0 bridgehead atoms. The second-order valence-electron chi connectivity index (χ2n) is 6.96. The predicted octanol–water partition coefficient (Wildman–Crippen LogP) is 1.93. The molecule has 0 spiro atoms. The van der Waals surface area contributed by atoms with Gasteiger partial charge in [-0.3, -0.25) is 9.59 Å². The van der Waals surface area contributed by atoms with Crippen molar-refractivity contribution < 1.29 is 23.9 Å². The molecule has 0 unspecified atom stereocenters. The molecule has 8 nitrogen and oxygen atoms in total. The highest BCUT2D eigenvalue weighted by Crippen LogP contribution is 2.23. The number of carbonyl (C=O) groups excluding carboxylic acids is 3. The Labute approximate surface area is 164 Å². The minimum absolute atomic E-state index is 0.0327. The zero-order valence-electron chi connectivity index (χ0n) is 16.2. The van der Waals surface area contributed by atoms with E-state index in [1.54, 1.807) is 28.9 Å². The Balaban J connectivity index is 1.39. The van der Waals surface area contributed by atoms with Gasteiger partial charge in [-0.1, -0.05) is 0 Å². The average Bonchev–Trinajstić information content (AvgIpc) is 3.13. The third-order valence-corrected chi connectivity index (χ3v) is 4.98. The van der Waals surface area contributed by atoms with Crippen LogP contribution in [0.4, 0.5) is 10.5 Å². The van der Waals surface area contributed by atoms with E-state index in [2.05, 4.69) is 5.32 Å². The summed E-state index contributed by atoms with van der Waals surface area (Å²) in [5.74, 6) is 0.540. The Morgan fingerprint density at radius 2 is 1.86 bits per heavy atom. The van der Waals surface area contributed by atoms with Crippen molar-refractivity contribution in [2.45, 2.75) is 38.6 Å². The summed E-state index contributed by atoms with van der Waals surface area (Å²) in [5.41, 5.74) is 0.854. The van der Waals surface area contributed by atoms with Gasteiger partial charge in [0.05, 0.1) is 6.61 Å². The van der Waals surface area contributed by atoms with Gasteiger partial charge in [-0.25, -0.2) is 4.79 Å². The second-order valence-corrected chi connectivity index (χ2v) is 6.96. The Kier molecular flexibility index (Phi) is 6.73. The number of nitrogens with zero attached hydrogens (tertiary/aromatic N) is 2. The first-order valence-corrected chi connectivity index (χ1v) is 9.81. The zero-order valence-corrected chi connectivity index (χ0v) is 16.2. The lowest BCUT2D eigenvalue weighted by Crippen LogP contribution is -2.47. The first-order chi connectivity index (χ1) is 13.6. The van der Waals surface area contributed by atoms with Crippen LogP contribution in [0.2, 0.25) is 0 Å². The maximum atomic E-state index is 12.1. The number of hydrogen-bond donors (Lipinski definition) is 1. The quantitative estimate of drug-likeness (QED) is 0.803. The number of likely N-dealkylation sites (tertiary alicyclic amines) is 1. The van der Waals surface area contributed by atoms with Gasteiger partial charge in [0.15, 0.2) is 6.61 Å². The van der Waals surface area contributed by atoms with Gasteiger partial charge in [-0.2, -0.15) is 0 Å². The zero-order chi connectivity index (χ0) is 19.9. The number of hydrogen-bond acceptors (Lipinski definition) is 5. The largest absolute Gasteiger partial charge is 0.484 e. The number of amides is 3. The summed E-state index contributed by atoms with van der Waals surface area (Å²) in [5, 5.41) is 2.95. The van der Waals surface area contributed by atoms with Crippen LogP contribution < -0.4 is 15.0 Å². The molecule has 8 heteroatoms. The number of nitrogens with one attached hydrogen (secondary N) is 1. The van der Waals surface area contributed by atoms with Gasteiger partial charge in [0.1, 0.15) is 5.75 Å². The first kappa shape index (κ1) is 20.0. The molecule has 2 aliphatic heterocycles. The minimum atomic E-state index is -0.297. The molecule has 2 aliphatic rings. The van der Waals surface area contributed by atoms with E-state index in [1.165, 1.54) is 0 Å². The minimum Gasteiger partial charge on any atom is -0.484 e. The Bertz CT molecular complexity index is 698. The topological polar surface area (TPSA) is 88.2 Å². The molecule has 0 radical (unpaired) electrons. The molecule has 152 valence electrons. The van der Waals surface area contributed by atoms with Crippen LogP contribution in [0.15, 0.2) is 24.3 Å². The molecule has 1 N–H and O–H groups in total. The summed E-state index contributed by atoms with van der Waals surface area (Å²) in [6.07, 6.45) is 2.58. The Morgan fingerprint density at radius 1 is 1.14 bits per heavy atom. The molecule has 2 saturated heterocycles. The van der Waals surface area contributed by atoms with E-state index in [4.69, 9.17) is 9.47 Å². The molecule has 0 atom stereocenters. The van der Waals surface area contributed by atoms with Crippen LogP contribution in [0.3, 0.4) is 0 Å². The van der Waals surface area contributed by atoms with Gasteiger partial charge in [-0.05, 0) is 50.5 Å². The molecule has 2 fully saturated rings. The summed E-state index contributed by atoms with van der Waals surface area (Å²) in [6.45, 7) is 3.96. The number of ether oxygens (including phenoxy) is 2. The lowest BCUT2D eigenvalue weighted by atomic mass is 10.1. The lowest BCUT2D eigenvalue weighted by Gasteiger charge is -2.31. The van der Waals surface area contributed by atoms with Crippen molar-refractivity contribution in [3.8, 4) is 5.75 Å². The molecule has 2 heterocycles. The van der Waals surface area contributed by atoms with E-state index < -0.39 is 0 Å². The molecule has 0 saturated carbocycles. The van der Waals surface area contributed by atoms with Crippen LogP contribution in [-0.4, -0.2) is 61.7 Å². The van der Waals surface area contributed by atoms with Gasteiger partial charge in [0, 0.05) is 37.8 Å². The van der Waals surface area contributed by atoms with E-state index in [-0.39, 0.29) is 30.6 Å². The van der Waals surface area contributed by atoms with Crippen LogP contribution in [0, 0.1) is 0 Å². The Morgan fingerprint density at radius 3 is 2.46 bits per heavy atom. The maximum absolute atomic E-state index is 12.1. The number of anilines is 1. The average molecular weight is 389 g/mol. The molecule has 1 aromatic carbocycles. The highest BCUT2D eigenvalue weighted by Gasteiger charge is 2.25. The number of carbonyl (C=O) groups is 3. The van der Waals surface area contributed by atoms with Gasteiger partial charge >= 0.3 is 6.09 Å². The number of rotatable bonds is 6. The van der Waals surface area contributed by atoms with Gasteiger partial charge in [0.2, 0.25) is 5.91 Å². The molecule has 0 aliphatic carbocycles. The van der Waals surface area contributed by atoms with Crippen molar-refractivity contribution >= 4 is 23.6 Å². The van der Waals surface area contributed by atoms with Crippen LogP contribution in [-0.2, 0) is 14.3 Å². The van der Waals surface area contributed by atoms with Crippen molar-refractivity contribution in [1.82, 2.24) is 10.2 Å². The van der Waals surface area contributed by atoms with Gasteiger partial charge in [-0.15, -0.1) is 0 Å². The molecule has 28 heavy (non-hydrogen) atoms. The SMILES string of the molecule is CCOC(=O)N1CCC(NC(=O)COc2ccc(N3CCCC3=O)cc2)CC1. The molecular formula is C20H27N3O5. The van der Waals surface area contributed by atoms with Gasteiger partial charge < -0.3 is 24.6 Å². The summed E-state index contributed by atoms with van der Waals surface area (Å²) in [4.78, 5) is 39.0. The van der Waals surface area contributed by atoms with Crippen molar-refractivity contribution in [2.24, 2.45) is 0 Å². The third-order valence-electron chi connectivity index (χ3n) is 4.98. The Hall–Kier alpha value is -2.77. The van der Waals surface area contributed by atoms with E-state index in [0.29, 0.717) is 44.7 Å². The van der Waals surface area contributed by atoms with Crippen LogP contribution in [0.25, 0.3) is 0 Å². The van der Waals surface area contributed by atoms with E-state index in [9.17, 15) is 14.4 Å². The van der Waals surface area contributed by atoms with E-state index in [1.807, 2.05) is 12.1 Å². The van der Waals surface area contributed by atoms with Crippen LogP contribution in [0.1, 0.15) is 32.6 Å². The normalized spacial score (nSPS) is 17.5.